The third-order valence-corrected chi connectivity index (χ3v) is 15.8. The van der Waals surface area contributed by atoms with Crippen LogP contribution in [-0.2, 0) is 28.1 Å². The molecule has 1 atom stereocenters. The molecule has 12 rings (SSSR count). The number of anilines is 5. The number of aryl methyl sites for hydroxylation is 1. The van der Waals surface area contributed by atoms with Crippen LogP contribution in [-0.4, -0.2) is 0 Å². The van der Waals surface area contributed by atoms with Crippen LogP contribution in [0.2, 0.25) is 0 Å². The van der Waals surface area contributed by atoms with E-state index in [1.807, 2.05) is 0 Å². The Bertz CT molecular complexity index is 3160. The van der Waals surface area contributed by atoms with E-state index in [1.54, 1.807) is 0 Å². The van der Waals surface area contributed by atoms with Gasteiger partial charge in [-0.3, -0.25) is 0 Å². The summed E-state index contributed by atoms with van der Waals surface area (Å²) in [5.74, 6) is 1.92. The van der Waals surface area contributed by atoms with Crippen LogP contribution in [0.5, 0.6) is 11.5 Å². The zero-order chi connectivity index (χ0) is 43.5. The van der Waals surface area contributed by atoms with Gasteiger partial charge in [-0.1, -0.05) is 135 Å². The van der Waals surface area contributed by atoms with Gasteiger partial charge in [0.1, 0.15) is 11.5 Å². The van der Waals surface area contributed by atoms with Gasteiger partial charge in [-0.25, -0.2) is 0 Å². The third-order valence-electron chi connectivity index (χ3n) is 15.8. The molecule has 2 aliphatic carbocycles. The molecule has 314 valence electrons. The zero-order valence-electron chi connectivity index (χ0n) is 38.6. The van der Waals surface area contributed by atoms with Crippen LogP contribution in [0.4, 0.5) is 28.4 Å². The maximum atomic E-state index is 6.96. The molecule has 3 nitrogen and oxygen atoms in total. The average Bonchev–Trinajstić information content (AvgIpc) is 3.63. The van der Waals surface area contributed by atoms with Gasteiger partial charge in [0, 0.05) is 50.7 Å². The molecule has 63 heavy (non-hydrogen) atoms. The van der Waals surface area contributed by atoms with Gasteiger partial charge in [0.2, 0.25) is 0 Å². The molecule has 0 radical (unpaired) electrons. The molecule has 3 heterocycles. The van der Waals surface area contributed by atoms with E-state index in [-0.39, 0.29) is 27.6 Å². The summed E-state index contributed by atoms with van der Waals surface area (Å²) in [5, 5.41) is 2.47. The highest BCUT2D eigenvalue weighted by molar-refractivity contribution is 6.06. The average molecular weight is 823 g/mol. The number of fused-ring (bicyclic) bond motifs is 9. The lowest BCUT2D eigenvalue weighted by atomic mass is 9.63. The normalized spacial score (nSPS) is 19.3. The Morgan fingerprint density at radius 2 is 1.30 bits per heavy atom. The van der Waals surface area contributed by atoms with Gasteiger partial charge >= 0.3 is 0 Å². The standard InChI is InChI=1S/C60H58N2O/c1-35-28-50-55-51(29-35)62(48-20-15-17-36-16-11-12-18-40(36)48)49-34-53-47(60(9,10)45-19-13-14-21-52(45)63-53)33-42(49)54(55)43-30-37-22-23-38(57(2,3)4)31-41(37)56(43)61(50)39-24-25-44-46(32-39)59(7,8)27-26-58(44,5)6/h11-25,28-29,31-34,54H,26-27,30H2,1-10H3. The third kappa shape index (κ3) is 5.44. The fourth-order valence-corrected chi connectivity index (χ4v) is 12.1. The Labute approximate surface area is 374 Å². The maximum Gasteiger partial charge on any atom is 0.133 e. The molecule has 0 aromatic heterocycles. The summed E-state index contributed by atoms with van der Waals surface area (Å²) in [6.45, 7) is 23.9. The van der Waals surface area contributed by atoms with Crippen molar-refractivity contribution in [3.05, 3.63) is 189 Å². The molecule has 1 unspecified atom stereocenters. The smallest absolute Gasteiger partial charge is 0.133 e. The molecule has 3 aliphatic heterocycles. The summed E-state index contributed by atoms with van der Waals surface area (Å²) < 4.78 is 6.96. The molecule has 0 spiro atoms. The monoisotopic (exact) mass is 822 g/mol. The van der Waals surface area contributed by atoms with Crippen molar-refractivity contribution >= 4 is 44.9 Å². The number of rotatable bonds is 2. The van der Waals surface area contributed by atoms with Crippen molar-refractivity contribution in [1.29, 1.82) is 0 Å². The topological polar surface area (TPSA) is 15.7 Å². The number of benzene rings is 7. The van der Waals surface area contributed by atoms with Gasteiger partial charge in [0.25, 0.3) is 0 Å². The summed E-state index contributed by atoms with van der Waals surface area (Å²) in [4.78, 5) is 5.28. The van der Waals surface area contributed by atoms with E-state index in [9.17, 15) is 0 Å². The van der Waals surface area contributed by atoms with Crippen molar-refractivity contribution in [3.63, 3.8) is 0 Å². The fraction of sp³-hybridized carbons (Fsp3) is 0.300. The summed E-state index contributed by atoms with van der Waals surface area (Å²) >= 11 is 0. The van der Waals surface area contributed by atoms with Gasteiger partial charge in [0.15, 0.2) is 0 Å². The summed E-state index contributed by atoms with van der Waals surface area (Å²) in [6, 6.07) is 49.0. The molecule has 0 fully saturated rings. The number of hydrogen-bond donors (Lipinski definition) is 0. The predicted molar refractivity (Wildman–Crippen MR) is 263 cm³/mol. The van der Waals surface area contributed by atoms with Crippen molar-refractivity contribution in [1.82, 2.24) is 0 Å². The lowest BCUT2D eigenvalue weighted by Gasteiger charge is -2.47. The lowest BCUT2D eigenvalue weighted by Crippen LogP contribution is -2.35. The Hall–Kier alpha value is -6.06. The molecular formula is C60H58N2O. The number of para-hydroxylation sites is 1. The van der Waals surface area contributed by atoms with Gasteiger partial charge in [0.05, 0.1) is 28.4 Å². The molecule has 0 amide bonds. The molecule has 0 N–H and O–H groups in total. The van der Waals surface area contributed by atoms with Crippen LogP contribution >= 0.6 is 0 Å². The highest BCUT2D eigenvalue weighted by Gasteiger charge is 2.48. The minimum Gasteiger partial charge on any atom is -0.457 e. The highest BCUT2D eigenvalue weighted by Crippen LogP contribution is 2.65. The van der Waals surface area contributed by atoms with Crippen molar-refractivity contribution < 1.29 is 4.74 Å². The number of nitrogens with zero attached hydrogens (tertiary/aromatic N) is 2. The first-order valence-corrected chi connectivity index (χ1v) is 23.2. The summed E-state index contributed by atoms with van der Waals surface area (Å²) in [7, 11) is 0. The first-order chi connectivity index (χ1) is 30.0. The fourth-order valence-electron chi connectivity index (χ4n) is 12.1. The van der Waals surface area contributed by atoms with Gasteiger partial charge in [-0.05, 0) is 135 Å². The molecule has 7 aromatic carbocycles. The van der Waals surface area contributed by atoms with E-state index in [0.29, 0.717) is 0 Å². The number of ether oxygens (including phenoxy) is 1. The van der Waals surface area contributed by atoms with Crippen LogP contribution < -0.4 is 14.5 Å². The van der Waals surface area contributed by atoms with E-state index in [2.05, 4.69) is 206 Å². The molecule has 0 bridgehead atoms. The minimum atomic E-state index is -0.262. The Kier molecular flexibility index (Phi) is 7.83. The quantitative estimate of drug-likeness (QED) is 0.173. The summed E-state index contributed by atoms with van der Waals surface area (Å²) in [6.07, 6.45) is 3.28. The van der Waals surface area contributed by atoms with Crippen LogP contribution in [0.15, 0.2) is 133 Å². The van der Waals surface area contributed by atoms with Gasteiger partial charge in [-0.15, -0.1) is 0 Å². The predicted octanol–water partition coefficient (Wildman–Crippen LogP) is 16.3. The first-order valence-electron chi connectivity index (χ1n) is 23.2. The second-order valence-corrected chi connectivity index (χ2v) is 22.1. The minimum absolute atomic E-state index is 0.0122. The van der Waals surface area contributed by atoms with Crippen molar-refractivity contribution in [2.24, 2.45) is 0 Å². The Balaban J connectivity index is 1.20. The second kappa shape index (κ2) is 12.8. The van der Waals surface area contributed by atoms with Crippen molar-refractivity contribution in [2.75, 3.05) is 9.80 Å². The molecular weight excluding hydrogens is 765 g/mol. The Morgan fingerprint density at radius 1 is 0.587 bits per heavy atom. The van der Waals surface area contributed by atoms with Crippen LogP contribution in [0, 0.1) is 6.92 Å². The van der Waals surface area contributed by atoms with E-state index in [1.165, 1.54) is 119 Å². The molecule has 0 saturated carbocycles. The van der Waals surface area contributed by atoms with Crippen molar-refractivity contribution in [3.8, 4) is 11.5 Å². The largest absolute Gasteiger partial charge is 0.457 e. The van der Waals surface area contributed by atoms with E-state index in [4.69, 9.17) is 4.74 Å². The second-order valence-electron chi connectivity index (χ2n) is 22.1. The first kappa shape index (κ1) is 38.6. The molecule has 7 aromatic rings. The maximum absolute atomic E-state index is 6.96. The van der Waals surface area contributed by atoms with E-state index in [0.717, 1.165) is 17.9 Å². The number of allylic oxidation sites excluding steroid dienone is 1. The van der Waals surface area contributed by atoms with Crippen LogP contribution in [0.3, 0.4) is 0 Å². The van der Waals surface area contributed by atoms with E-state index < -0.39 is 0 Å². The highest BCUT2D eigenvalue weighted by atomic mass is 16.5. The Morgan fingerprint density at radius 3 is 2.10 bits per heavy atom. The zero-order valence-corrected chi connectivity index (χ0v) is 38.6. The number of hydrogen-bond acceptors (Lipinski definition) is 3. The van der Waals surface area contributed by atoms with E-state index >= 15 is 0 Å². The molecule has 0 saturated heterocycles. The molecule has 5 aliphatic rings. The van der Waals surface area contributed by atoms with Gasteiger partial charge < -0.3 is 14.5 Å². The summed E-state index contributed by atoms with van der Waals surface area (Å²) in [5.41, 5.74) is 22.6. The van der Waals surface area contributed by atoms with Crippen LogP contribution in [0.25, 0.3) is 16.5 Å². The molecule has 3 heteroatoms. The lowest BCUT2D eigenvalue weighted by molar-refractivity contribution is 0.332. The SMILES string of the molecule is Cc1cc2c3c(c1)N(c1cccc4ccccc14)c1cc4c(cc1C3C1=C(c3cc(C(C)(C)C)ccc3C1)N2c1ccc2c(c1)C(C)(C)CCC2(C)C)C(C)(C)c1ccccc1O4. The van der Waals surface area contributed by atoms with Gasteiger partial charge in [-0.2, -0.15) is 0 Å². The van der Waals surface area contributed by atoms with Crippen molar-refractivity contribution in [2.45, 2.75) is 116 Å². The van der Waals surface area contributed by atoms with Crippen LogP contribution in [0.1, 0.15) is 137 Å².